The number of rotatable bonds is 13. The molecular formula is C35H40F3NO3. The van der Waals surface area contributed by atoms with E-state index in [1.165, 1.54) is 62.0 Å². The monoisotopic (exact) mass is 579 g/mol. The number of hydrogen-bond acceptors (Lipinski definition) is 2. The Morgan fingerprint density at radius 1 is 0.833 bits per heavy atom. The van der Waals surface area contributed by atoms with Crippen LogP contribution in [0.2, 0.25) is 0 Å². The molecule has 42 heavy (non-hydrogen) atoms. The predicted molar refractivity (Wildman–Crippen MR) is 161 cm³/mol. The molecule has 0 saturated carbocycles. The van der Waals surface area contributed by atoms with Crippen LogP contribution in [0.5, 0.6) is 0 Å². The first-order chi connectivity index (χ1) is 20.2. The van der Waals surface area contributed by atoms with Gasteiger partial charge in [-0.15, -0.1) is 0 Å². The van der Waals surface area contributed by atoms with Crippen LogP contribution in [0.15, 0.2) is 60.7 Å². The van der Waals surface area contributed by atoms with Crippen LogP contribution in [-0.2, 0) is 22.3 Å². The molecule has 0 radical (unpaired) electrons. The fourth-order valence-electron chi connectivity index (χ4n) is 5.27. The van der Waals surface area contributed by atoms with Gasteiger partial charge in [-0.2, -0.15) is 13.2 Å². The number of benzene rings is 3. The Hall–Kier alpha value is -3.79. The molecule has 1 unspecified atom stereocenters. The third-order valence-electron chi connectivity index (χ3n) is 7.56. The van der Waals surface area contributed by atoms with E-state index in [0.29, 0.717) is 12.0 Å². The van der Waals surface area contributed by atoms with Gasteiger partial charge in [0.15, 0.2) is 0 Å². The van der Waals surface area contributed by atoms with Crippen molar-refractivity contribution in [2.24, 2.45) is 0 Å². The number of halogens is 3. The predicted octanol–water partition coefficient (Wildman–Crippen LogP) is 9.31. The summed E-state index contributed by atoms with van der Waals surface area (Å²) in [6.07, 6.45) is 6.58. The average Bonchev–Trinajstić information content (AvgIpc) is 2.98. The summed E-state index contributed by atoms with van der Waals surface area (Å²) < 4.78 is 39.3. The van der Waals surface area contributed by atoms with E-state index in [4.69, 9.17) is 0 Å². The highest BCUT2D eigenvalue weighted by Crippen LogP contribution is 2.33. The first-order valence-electron chi connectivity index (χ1n) is 14.9. The number of carbonyl (C=O) groups excluding carboxylic acids is 1. The lowest BCUT2D eigenvalue weighted by molar-refractivity contribution is -0.157. The lowest BCUT2D eigenvalue weighted by atomic mass is 9.96. The summed E-state index contributed by atoms with van der Waals surface area (Å²) in [5.41, 5.74) is 1.23. The van der Waals surface area contributed by atoms with Crippen molar-refractivity contribution in [2.45, 2.75) is 96.8 Å². The van der Waals surface area contributed by atoms with Crippen LogP contribution >= 0.6 is 0 Å². The molecule has 0 spiro atoms. The summed E-state index contributed by atoms with van der Waals surface area (Å²) in [4.78, 5) is 25.9. The minimum absolute atomic E-state index is 0.0167. The van der Waals surface area contributed by atoms with Gasteiger partial charge >= 0.3 is 18.1 Å². The second-order valence-electron chi connectivity index (χ2n) is 10.6. The van der Waals surface area contributed by atoms with Crippen LogP contribution in [0, 0.1) is 11.8 Å². The van der Waals surface area contributed by atoms with Crippen LogP contribution in [0.1, 0.15) is 106 Å². The summed E-state index contributed by atoms with van der Waals surface area (Å²) in [5, 5.41) is 11.3. The van der Waals surface area contributed by atoms with Crippen molar-refractivity contribution in [1.29, 1.82) is 0 Å². The van der Waals surface area contributed by atoms with Crippen LogP contribution in [0.25, 0.3) is 10.8 Å². The molecule has 4 nitrogen and oxygen atoms in total. The van der Waals surface area contributed by atoms with E-state index in [-0.39, 0.29) is 6.54 Å². The number of fused-ring (bicyclic) bond motifs is 1. The zero-order valence-electron chi connectivity index (χ0n) is 24.5. The zero-order chi connectivity index (χ0) is 30.5. The Labute approximate surface area is 246 Å². The first-order valence-corrected chi connectivity index (χ1v) is 14.9. The molecule has 3 aromatic rings. The van der Waals surface area contributed by atoms with Crippen LogP contribution < -0.4 is 0 Å². The second kappa shape index (κ2) is 16.0. The molecule has 7 heteroatoms. The average molecular weight is 580 g/mol. The van der Waals surface area contributed by atoms with Gasteiger partial charge in [-0.25, -0.2) is 4.79 Å². The number of hydrogen-bond donors (Lipinski definition) is 1. The summed E-state index contributed by atoms with van der Waals surface area (Å²) in [6, 6.07) is 15.2. The Balaban J connectivity index is 1.80. The molecular weight excluding hydrogens is 539 g/mol. The van der Waals surface area contributed by atoms with Gasteiger partial charge < -0.3 is 10.0 Å². The van der Waals surface area contributed by atoms with Crippen molar-refractivity contribution >= 4 is 22.6 Å². The smallest absolute Gasteiger partial charge is 0.416 e. The molecule has 3 aromatic carbocycles. The van der Waals surface area contributed by atoms with Gasteiger partial charge in [0.1, 0.15) is 0 Å². The van der Waals surface area contributed by atoms with Gasteiger partial charge in [-0.1, -0.05) is 113 Å². The molecule has 1 amide bonds. The summed E-state index contributed by atoms with van der Waals surface area (Å²) in [7, 11) is 0. The van der Waals surface area contributed by atoms with Crippen molar-refractivity contribution in [3.63, 3.8) is 0 Å². The van der Waals surface area contributed by atoms with Gasteiger partial charge in [0.2, 0.25) is 0 Å². The maximum Gasteiger partial charge on any atom is 0.416 e. The van der Waals surface area contributed by atoms with Crippen LogP contribution in [0.3, 0.4) is 0 Å². The highest BCUT2D eigenvalue weighted by atomic mass is 19.4. The highest BCUT2D eigenvalue weighted by molar-refractivity contribution is 6.31. The molecule has 3 rings (SSSR count). The Morgan fingerprint density at radius 2 is 1.45 bits per heavy atom. The largest absolute Gasteiger partial charge is 0.474 e. The molecule has 0 heterocycles. The van der Waals surface area contributed by atoms with Crippen molar-refractivity contribution < 1.29 is 27.9 Å². The van der Waals surface area contributed by atoms with E-state index in [2.05, 4.69) is 18.8 Å². The quantitative estimate of drug-likeness (QED) is 0.125. The maximum absolute atomic E-state index is 13.1. The molecule has 0 aliphatic heterocycles. The zero-order valence-corrected chi connectivity index (χ0v) is 24.5. The standard InChI is InChI=1S/C35H40F3NO3/c1-3-5-6-7-8-9-10-11-12-13-16-26-19-20-28(31-18-15-14-17-30(26)31)25-39(33(40)34(41)42)32(4-2)27-21-23-29(24-22-27)35(36,37)38/h14-15,17-24,32H,3-12,25H2,1-2H3,(H,41,42). The molecule has 1 atom stereocenters. The molecule has 224 valence electrons. The normalized spacial score (nSPS) is 12.0. The lowest BCUT2D eigenvalue weighted by Gasteiger charge is -2.31. The number of carbonyl (C=O) groups is 2. The van der Waals surface area contributed by atoms with E-state index in [0.717, 1.165) is 46.9 Å². The van der Waals surface area contributed by atoms with E-state index >= 15 is 0 Å². The van der Waals surface area contributed by atoms with E-state index < -0.39 is 29.7 Å². The first kappa shape index (κ1) is 32.7. The number of aliphatic carboxylic acids is 1. The van der Waals surface area contributed by atoms with Gasteiger partial charge in [0.05, 0.1) is 11.6 Å². The maximum atomic E-state index is 13.1. The lowest BCUT2D eigenvalue weighted by Crippen LogP contribution is -2.38. The number of unbranched alkanes of at least 4 members (excludes halogenated alkanes) is 8. The molecule has 0 aromatic heterocycles. The van der Waals surface area contributed by atoms with Crippen molar-refractivity contribution in [3.05, 3.63) is 82.9 Å². The van der Waals surface area contributed by atoms with Gasteiger partial charge in [-0.3, -0.25) is 4.79 Å². The Morgan fingerprint density at radius 3 is 2.05 bits per heavy atom. The molecule has 1 N–H and O–H groups in total. The molecule has 0 aliphatic carbocycles. The van der Waals surface area contributed by atoms with Gasteiger partial charge in [0, 0.05) is 18.5 Å². The number of alkyl halides is 3. The van der Waals surface area contributed by atoms with Crippen molar-refractivity contribution in [2.75, 3.05) is 0 Å². The molecule has 0 fully saturated rings. The highest BCUT2D eigenvalue weighted by Gasteiger charge is 2.32. The number of amides is 1. The van der Waals surface area contributed by atoms with Crippen molar-refractivity contribution in [1.82, 2.24) is 4.90 Å². The topological polar surface area (TPSA) is 57.6 Å². The summed E-state index contributed by atoms with van der Waals surface area (Å²) in [6.45, 7) is 3.98. The Kier molecular flexibility index (Phi) is 12.5. The molecule has 0 bridgehead atoms. The molecule has 0 aliphatic rings. The number of nitrogens with zero attached hydrogens (tertiary/aromatic N) is 1. The van der Waals surface area contributed by atoms with Gasteiger partial charge in [0.25, 0.3) is 0 Å². The van der Waals surface area contributed by atoms with Crippen LogP contribution in [-0.4, -0.2) is 21.9 Å². The SMILES string of the molecule is CCCCCCCCCCC#Cc1ccc(CN(C(=O)C(=O)O)C(CC)c2ccc(C(F)(F)F)cc2)c2ccccc12. The van der Waals surface area contributed by atoms with Crippen LogP contribution in [0.4, 0.5) is 13.2 Å². The minimum Gasteiger partial charge on any atom is -0.474 e. The number of carboxylic acids is 1. The fraction of sp³-hybridized carbons (Fsp3) is 0.429. The fourth-order valence-corrected chi connectivity index (χ4v) is 5.27. The van der Waals surface area contributed by atoms with E-state index in [1.807, 2.05) is 36.4 Å². The molecule has 0 saturated heterocycles. The third-order valence-corrected chi connectivity index (χ3v) is 7.56. The van der Waals surface area contributed by atoms with E-state index in [9.17, 15) is 27.9 Å². The minimum atomic E-state index is -4.49. The third kappa shape index (κ3) is 9.11. The number of carboxylic acid groups (broad SMARTS) is 1. The van der Waals surface area contributed by atoms with E-state index in [1.54, 1.807) is 6.92 Å². The summed E-state index contributed by atoms with van der Waals surface area (Å²) in [5.74, 6) is 3.85. The van der Waals surface area contributed by atoms with Crippen molar-refractivity contribution in [3.8, 4) is 11.8 Å². The second-order valence-corrected chi connectivity index (χ2v) is 10.6. The Bertz CT molecular complexity index is 1390. The summed E-state index contributed by atoms with van der Waals surface area (Å²) >= 11 is 0. The van der Waals surface area contributed by atoms with Gasteiger partial charge in [-0.05, 0) is 52.9 Å².